The topological polar surface area (TPSA) is 90.7 Å². The third-order valence-electron chi connectivity index (χ3n) is 3.15. The summed E-state index contributed by atoms with van der Waals surface area (Å²) < 4.78 is 43.1. The average Bonchev–Trinajstić information content (AvgIpc) is 3.26. The van der Waals surface area contributed by atoms with Gasteiger partial charge < -0.3 is 14.0 Å². The van der Waals surface area contributed by atoms with Gasteiger partial charge in [-0.25, -0.2) is 8.42 Å². The van der Waals surface area contributed by atoms with Crippen LogP contribution in [0.4, 0.5) is 5.69 Å². The Balaban J connectivity index is 1.61. The number of benzene rings is 1. The van der Waals surface area contributed by atoms with Crippen molar-refractivity contribution in [1.29, 1.82) is 0 Å². The molecule has 0 saturated carbocycles. The van der Waals surface area contributed by atoms with Crippen LogP contribution in [-0.4, -0.2) is 20.4 Å². The molecule has 118 valence electrons. The van der Waals surface area contributed by atoms with Crippen LogP contribution in [0.1, 0.15) is 0 Å². The van der Waals surface area contributed by atoms with Crippen LogP contribution in [-0.2, 0) is 10.0 Å². The second-order valence-electron chi connectivity index (χ2n) is 4.67. The van der Waals surface area contributed by atoms with E-state index in [4.69, 9.17) is 14.0 Å². The van der Waals surface area contributed by atoms with E-state index in [-0.39, 0.29) is 11.0 Å². The minimum absolute atomic E-state index is 0.136. The molecule has 0 spiro atoms. The van der Waals surface area contributed by atoms with Crippen LogP contribution in [0.3, 0.4) is 0 Å². The standard InChI is InChI=1S/C14H10N2O5S2/c17-23(18,14-4-3-13(22-14)11-5-6-15-21-11)16-9-1-2-10-12(7-9)20-8-19-10/h1-7,16H,8H2. The van der Waals surface area contributed by atoms with Crippen molar-refractivity contribution in [2.75, 3.05) is 11.5 Å². The van der Waals surface area contributed by atoms with Gasteiger partial charge in [-0.1, -0.05) is 5.16 Å². The number of nitrogens with one attached hydrogen (secondary N) is 1. The fourth-order valence-corrected chi connectivity index (χ4v) is 4.42. The first-order valence-corrected chi connectivity index (χ1v) is 8.85. The highest BCUT2D eigenvalue weighted by molar-refractivity contribution is 7.94. The fourth-order valence-electron chi connectivity index (χ4n) is 2.11. The lowest BCUT2D eigenvalue weighted by atomic mass is 10.3. The molecule has 7 nitrogen and oxygen atoms in total. The van der Waals surface area contributed by atoms with Crippen LogP contribution in [0.5, 0.6) is 11.5 Å². The van der Waals surface area contributed by atoms with E-state index < -0.39 is 10.0 Å². The first-order valence-electron chi connectivity index (χ1n) is 6.55. The van der Waals surface area contributed by atoms with Crippen LogP contribution < -0.4 is 14.2 Å². The Kier molecular flexibility index (Phi) is 3.24. The molecule has 9 heteroatoms. The Labute approximate surface area is 135 Å². The molecule has 1 N–H and O–H groups in total. The number of hydrogen-bond donors (Lipinski definition) is 1. The molecular formula is C14H10N2O5S2. The van der Waals surface area contributed by atoms with Gasteiger partial charge >= 0.3 is 0 Å². The summed E-state index contributed by atoms with van der Waals surface area (Å²) in [6, 6.07) is 9.75. The SMILES string of the molecule is O=S(=O)(Nc1ccc2c(c1)OCO2)c1ccc(-c2ccno2)s1. The molecule has 3 heterocycles. The Morgan fingerprint density at radius 1 is 1.09 bits per heavy atom. The van der Waals surface area contributed by atoms with Crippen LogP contribution in [0.2, 0.25) is 0 Å². The Bertz CT molecular complexity index is 947. The second-order valence-corrected chi connectivity index (χ2v) is 7.66. The van der Waals surface area contributed by atoms with Crippen LogP contribution in [0.15, 0.2) is 51.3 Å². The van der Waals surface area contributed by atoms with E-state index in [1.807, 2.05) is 0 Å². The Morgan fingerprint density at radius 2 is 1.96 bits per heavy atom. The first kappa shape index (κ1) is 14.1. The van der Waals surface area contributed by atoms with E-state index in [0.717, 1.165) is 11.3 Å². The van der Waals surface area contributed by atoms with E-state index in [1.54, 1.807) is 30.3 Å². The molecule has 1 aliphatic heterocycles. The van der Waals surface area contributed by atoms with Crippen LogP contribution in [0.25, 0.3) is 10.6 Å². The normalized spacial score (nSPS) is 13.2. The van der Waals surface area contributed by atoms with Crippen molar-refractivity contribution in [3.05, 3.63) is 42.6 Å². The van der Waals surface area contributed by atoms with Gasteiger partial charge in [-0.05, 0) is 24.3 Å². The van der Waals surface area contributed by atoms with E-state index in [2.05, 4.69) is 9.88 Å². The van der Waals surface area contributed by atoms with Crippen molar-refractivity contribution in [3.8, 4) is 22.1 Å². The highest BCUT2D eigenvalue weighted by Crippen LogP contribution is 2.36. The van der Waals surface area contributed by atoms with Gasteiger partial charge in [-0.3, -0.25) is 4.72 Å². The number of rotatable bonds is 4. The number of anilines is 1. The Morgan fingerprint density at radius 3 is 2.78 bits per heavy atom. The summed E-state index contributed by atoms with van der Waals surface area (Å²) in [5, 5.41) is 3.61. The molecule has 0 atom stereocenters. The lowest BCUT2D eigenvalue weighted by Gasteiger charge is -2.06. The van der Waals surface area contributed by atoms with E-state index in [1.165, 1.54) is 12.3 Å². The lowest BCUT2D eigenvalue weighted by Crippen LogP contribution is -2.11. The largest absolute Gasteiger partial charge is 0.454 e. The van der Waals surface area contributed by atoms with Gasteiger partial charge in [0.1, 0.15) is 4.21 Å². The third kappa shape index (κ3) is 2.64. The molecule has 1 aliphatic rings. The number of sulfonamides is 1. The van der Waals surface area contributed by atoms with E-state index in [0.29, 0.717) is 27.8 Å². The molecule has 0 aliphatic carbocycles. The van der Waals surface area contributed by atoms with E-state index in [9.17, 15) is 8.42 Å². The minimum Gasteiger partial charge on any atom is -0.454 e. The van der Waals surface area contributed by atoms with Crippen molar-refractivity contribution in [1.82, 2.24) is 5.16 Å². The molecular weight excluding hydrogens is 340 g/mol. The number of ether oxygens (including phenoxy) is 2. The first-order chi connectivity index (χ1) is 11.1. The summed E-state index contributed by atoms with van der Waals surface area (Å²) in [4.78, 5) is 0.688. The van der Waals surface area contributed by atoms with Gasteiger partial charge in [0, 0.05) is 12.1 Å². The van der Waals surface area contributed by atoms with Gasteiger partial charge in [-0.2, -0.15) is 0 Å². The van der Waals surface area contributed by atoms with E-state index >= 15 is 0 Å². The Hall–Kier alpha value is -2.52. The maximum absolute atomic E-state index is 12.5. The minimum atomic E-state index is -3.69. The zero-order valence-corrected chi connectivity index (χ0v) is 13.2. The van der Waals surface area contributed by atoms with Crippen LogP contribution in [0, 0.1) is 0 Å². The number of nitrogens with zero attached hydrogens (tertiary/aromatic N) is 1. The molecule has 0 fully saturated rings. The van der Waals surface area contributed by atoms with Gasteiger partial charge in [-0.15, -0.1) is 11.3 Å². The van der Waals surface area contributed by atoms with Crippen molar-refractivity contribution >= 4 is 27.0 Å². The molecule has 1 aromatic carbocycles. The highest BCUT2D eigenvalue weighted by Gasteiger charge is 2.20. The van der Waals surface area contributed by atoms with Crippen molar-refractivity contribution < 1.29 is 22.4 Å². The zero-order valence-electron chi connectivity index (χ0n) is 11.6. The fraction of sp³-hybridized carbons (Fsp3) is 0.0714. The third-order valence-corrected chi connectivity index (χ3v) is 6.12. The number of hydrogen-bond acceptors (Lipinski definition) is 7. The summed E-state index contributed by atoms with van der Waals surface area (Å²) in [6.07, 6.45) is 1.51. The molecule has 0 radical (unpaired) electrons. The number of thiophene rings is 1. The molecule has 0 saturated heterocycles. The summed E-state index contributed by atoms with van der Waals surface area (Å²) in [5.74, 6) is 1.63. The molecule has 2 aromatic heterocycles. The molecule has 0 bridgehead atoms. The van der Waals surface area contributed by atoms with Gasteiger partial charge in [0.2, 0.25) is 6.79 Å². The predicted octanol–water partition coefficient (Wildman–Crippen LogP) is 2.93. The lowest BCUT2D eigenvalue weighted by molar-refractivity contribution is 0.174. The molecule has 23 heavy (non-hydrogen) atoms. The molecule has 0 amide bonds. The smallest absolute Gasteiger partial charge is 0.271 e. The molecule has 4 rings (SSSR count). The van der Waals surface area contributed by atoms with Crippen LogP contribution >= 0.6 is 11.3 Å². The summed E-state index contributed by atoms with van der Waals surface area (Å²) in [6.45, 7) is 0.136. The van der Waals surface area contributed by atoms with Gasteiger partial charge in [0.15, 0.2) is 17.3 Å². The molecule has 0 unspecified atom stereocenters. The van der Waals surface area contributed by atoms with Gasteiger partial charge in [0.05, 0.1) is 16.8 Å². The zero-order chi connectivity index (χ0) is 15.9. The highest BCUT2D eigenvalue weighted by atomic mass is 32.2. The second kappa shape index (κ2) is 5.28. The van der Waals surface area contributed by atoms with Crippen molar-refractivity contribution in [2.24, 2.45) is 0 Å². The monoisotopic (exact) mass is 350 g/mol. The summed E-state index contributed by atoms with van der Waals surface area (Å²) in [5.41, 5.74) is 0.406. The number of fused-ring (bicyclic) bond motifs is 1. The summed E-state index contributed by atoms with van der Waals surface area (Å²) in [7, 11) is -3.69. The van der Waals surface area contributed by atoms with Crippen molar-refractivity contribution in [2.45, 2.75) is 4.21 Å². The van der Waals surface area contributed by atoms with Gasteiger partial charge in [0.25, 0.3) is 10.0 Å². The predicted molar refractivity (Wildman–Crippen MR) is 83.2 cm³/mol. The maximum atomic E-state index is 12.5. The maximum Gasteiger partial charge on any atom is 0.271 e. The quantitative estimate of drug-likeness (QED) is 0.778. The molecule has 3 aromatic rings. The average molecular weight is 350 g/mol. The number of aromatic nitrogens is 1. The summed E-state index contributed by atoms with van der Waals surface area (Å²) >= 11 is 1.10. The van der Waals surface area contributed by atoms with Crippen molar-refractivity contribution in [3.63, 3.8) is 0 Å².